The highest BCUT2D eigenvalue weighted by molar-refractivity contribution is 5.26. The number of pyridine rings is 1. The molecule has 2 rings (SSSR count). The summed E-state index contributed by atoms with van der Waals surface area (Å²) in [7, 11) is 1.64. The van der Waals surface area contributed by atoms with E-state index >= 15 is 0 Å². The lowest BCUT2D eigenvalue weighted by atomic mass is 9.97. The van der Waals surface area contributed by atoms with E-state index in [1.165, 1.54) is 0 Å². The summed E-state index contributed by atoms with van der Waals surface area (Å²) in [5.41, 5.74) is 1.10. The van der Waals surface area contributed by atoms with Gasteiger partial charge in [-0.2, -0.15) is 0 Å². The Balaban J connectivity index is 2.09. The number of methoxy groups -OCH3 is 1. The fourth-order valence-corrected chi connectivity index (χ4v) is 2.30. The van der Waals surface area contributed by atoms with Crippen LogP contribution < -0.4 is 4.74 Å². The fraction of sp³-hybridized carbons (Fsp3) is 0.583. The maximum atomic E-state index is 9.75. The van der Waals surface area contributed by atoms with Crippen LogP contribution >= 0.6 is 0 Å². The third-order valence-electron chi connectivity index (χ3n) is 3.14. The lowest BCUT2D eigenvalue weighted by Gasteiger charge is -2.15. The number of nitrogens with zero attached hydrogens (tertiary/aromatic N) is 1. The zero-order chi connectivity index (χ0) is 10.7. The summed E-state index contributed by atoms with van der Waals surface area (Å²) in [6.07, 6.45) is 5.64. The van der Waals surface area contributed by atoms with E-state index < -0.39 is 0 Å². The van der Waals surface area contributed by atoms with E-state index in [1.54, 1.807) is 13.3 Å². The molecule has 2 unspecified atom stereocenters. The molecular formula is C12H17NO2. The molecule has 15 heavy (non-hydrogen) atoms. The van der Waals surface area contributed by atoms with Crippen molar-refractivity contribution in [2.24, 2.45) is 5.92 Å². The van der Waals surface area contributed by atoms with Gasteiger partial charge in [0.25, 0.3) is 0 Å². The van der Waals surface area contributed by atoms with Gasteiger partial charge in [0.2, 0.25) is 5.88 Å². The van der Waals surface area contributed by atoms with Crippen LogP contribution in [0.15, 0.2) is 18.3 Å². The van der Waals surface area contributed by atoms with Crippen molar-refractivity contribution in [3.8, 4) is 5.88 Å². The molecule has 0 bridgehead atoms. The Morgan fingerprint density at radius 1 is 1.53 bits per heavy atom. The van der Waals surface area contributed by atoms with Crippen LogP contribution in [-0.2, 0) is 6.42 Å². The molecule has 3 nitrogen and oxygen atoms in total. The number of aliphatic hydroxyl groups is 1. The SMILES string of the molecule is COc1ncccc1CC1CCCC1O. The molecule has 0 aliphatic heterocycles. The average molecular weight is 207 g/mol. The van der Waals surface area contributed by atoms with Gasteiger partial charge in [0.1, 0.15) is 0 Å². The van der Waals surface area contributed by atoms with Crippen LogP contribution in [-0.4, -0.2) is 23.3 Å². The molecule has 1 aliphatic carbocycles. The van der Waals surface area contributed by atoms with E-state index in [0.717, 1.165) is 31.2 Å². The fourth-order valence-electron chi connectivity index (χ4n) is 2.30. The highest BCUT2D eigenvalue weighted by Gasteiger charge is 2.26. The second-order valence-electron chi connectivity index (χ2n) is 4.13. The van der Waals surface area contributed by atoms with Crippen molar-refractivity contribution in [3.63, 3.8) is 0 Å². The number of aromatic nitrogens is 1. The van der Waals surface area contributed by atoms with E-state index in [0.29, 0.717) is 11.8 Å². The number of hydrogen-bond acceptors (Lipinski definition) is 3. The summed E-state index contributed by atoms with van der Waals surface area (Å²) in [5, 5.41) is 9.75. The minimum atomic E-state index is -0.144. The van der Waals surface area contributed by atoms with Crippen LogP contribution in [0.1, 0.15) is 24.8 Å². The Labute approximate surface area is 90.1 Å². The average Bonchev–Trinajstić information content (AvgIpc) is 2.65. The molecular weight excluding hydrogens is 190 g/mol. The monoisotopic (exact) mass is 207 g/mol. The second-order valence-corrected chi connectivity index (χ2v) is 4.13. The maximum absolute atomic E-state index is 9.75. The van der Waals surface area contributed by atoms with Crippen molar-refractivity contribution < 1.29 is 9.84 Å². The summed E-state index contributed by atoms with van der Waals surface area (Å²) >= 11 is 0. The molecule has 1 aliphatic rings. The predicted molar refractivity (Wildman–Crippen MR) is 57.8 cm³/mol. The smallest absolute Gasteiger partial charge is 0.216 e. The molecule has 0 radical (unpaired) electrons. The summed E-state index contributed by atoms with van der Waals surface area (Å²) in [6, 6.07) is 3.94. The van der Waals surface area contributed by atoms with Crippen molar-refractivity contribution in [2.75, 3.05) is 7.11 Å². The Kier molecular flexibility index (Phi) is 3.21. The van der Waals surface area contributed by atoms with Crippen LogP contribution in [0.2, 0.25) is 0 Å². The Bertz CT molecular complexity index is 327. The van der Waals surface area contributed by atoms with Gasteiger partial charge in [0.15, 0.2) is 0 Å². The summed E-state index contributed by atoms with van der Waals surface area (Å²) in [4.78, 5) is 4.16. The zero-order valence-corrected chi connectivity index (χ0v) is 9.02. The van der Waals surface area contributed by atoms with Gasteiger partial charge < -0.3 is 9.84 Å². The molecule has 1 saturated carbocycles. The highest BCUT2D eigenvalue weighted by atomic mass is 16.5. The van der Waals surface area contributed by atoms with E-state index in [-0.39, 0.29) is 6.10 Å². The number of rotatable bonds is 3. The van der Waals surface area contributed by atoms with E-state index in [4.69, 9.17) is 4.74 Å². The number of ether oxygens (including phenoxy) is 1. The first-order chi connectivity index (χ1) is 7.31. The lowest BCUT2D eigenvalue weighted by Crippen LogP contribution is -2.16. The van der Waals surface area contributed by atoms with Crippen molar-refractivity contribution in [2.45, 2.75) is 31.8 Å². The first kappa shape index (κ1) is 10.4. The highest BCUT2D eigenvalue weighted by Crippen LogP contribution is 2.30. The molecule has 0 amide bonds. The summed E-state index contributed by atoms with van der Waals surface area (Å²) in [6.45, 7) is 0. The summed E-state index contributed by atoms with van der Waals surface area (Å²) in [5.74, 6) is 1.07. The minimum absolute atomic E-state index is 0.144. The van der Waals surface area contributed by atoms with Crippen molar-refractivity contribution >= 4 is 0 Å². The van der Waals surface area contributed by atoms with Gasteiger partial charge in [-0.15, -0.1) is 0 Å². The third-order valence-corrected chi connectivity index (χ3v) is 3.14. The van der Waals surface area contributed by atoms with Crippen LogP contribution in [0.5, 0.6) is 5.88 Å². The van der Waals surface area contributed by atoms with Gasteiger partial charge in [0, 0.05) is 11.8 Å². The quantitative estimate of drug-likeness (QED) is 0.821. The van der Waals surface area contributed by atoms with Crippen molar-refractivity contribution in [3.05, 3.63) is 23.9 Å². The topological polar surface area (TPSA) is 42.4 Å². The molecule has 0 saturated heterocycles. The van der Waals surface area contributed by atoms with Gasteiger partial charge in [-0.25, -0.2) is 4.98 Å². The summed E-state index contributed by atoms with van der Waals surface area (Å²) < 4.78 is 5.20. The van der Waals surface area contributed by atoms with E-state index in [9.17, 15) is 5.11 Å². The molecule has 2 atom stereocenters. The number of aliphatic hydroxyl groups excluding tert-OH is 1. The molecule has 1 N–H and O–H groups in total. The van der Waals surface area contributed by atoms with Gasteiger partial charge in [0.05, 0.1) is 13.2 Å². The maximum Gasteiger partial charge on any atom is 0.216 e. The molecule has 3 heteroatoms. The van der Waals surface area contributed by atoms with Gasteiger partial charge in [-0.3, -0.25) is 0 Å². The van der Waals surface area contributed by atoms with Crippen molar-refractivity contribution in [1.29, 1.82) is 0 Å². The van der Waals surface area contributed by atoms with Gasteiger partial charge >= 0.3 is 0 Å². The normalized spacial score (nSPS) is 25.5. The van der Waals surface area contributed by atoms with E-state index in [1.807, 2.05) is 12.1 Å². The largest absolute Gasteiger partial charge is 0.481 e. The molecule has 82 valence electrons. The van der Waals surface area contributed by atoms with Crippen LogP contribution in [0, 0.1) is 5.92 Å². The predicted octanol–water partition coefficient (Wildman–Crippen LogP) is 1.79. The van der Waals surface area contributed by atoms with Crippen LogP contribution in [0.3, 0.4) is 0 Å². The minimum Gasteiger partial charge on any atom is -0.481 e. The first-order valence-corrected chi connectivity index (χ1v) is 5.47. The first-order valence-electron chi connectivity index (χ1n) is 5.47. The molecule has 1 fully saturated rings. The second kappa shape index (κ2) is 4.62. The van der Waals surface area contributed by atoms with E-state index in [2.05, 4.69) is 4.98 Å². The Hall–Kier alpha value is -1.09. The van der Waals surface area contributed by atoms with Crippen LogP contribution in [0.4, 0.5) is 0 Å². The third kappa shape index (κ3) is 2.29. The van der Waals surface area contributed by atoms with Gasteiger partial charge in [-0.05, 0) is 31.2 Å². The molecule has 0 aromatic carbocycles. The molecule has 0 spiro atoms. The Morgan fingerprint density at radius 2 is 2.40 bits per heavy atom. The number of hydrogen-bond donors (Lipinski definition) is 1. The molecule has 1 aromatic rings. The lowest BCUT2D eigenvalue weighted by molar-refractivity contribution is 0.132. The van der Waals surface area contributed by atoms with Crippen molar-refractivity contribution in [1.82, 2.24) is 4.98 Å². The van der Waals surface area contributed by atoms with Crippen LogP contribution in [0.25, 0.3) is 0 Å². The standard InChI is InChI=1S/C12H17NO2/c1-15-12-10(5-3-7-13-12)8-9-4-2-6-11(9)14/h3,5,7,9,11,14H,2,4,6,8H2,1H3. The molecule has 1 aromatic heterocycles. The van der Waals surface area contributed by atoms with Gasteiger partial charge in [-0.1, -0.05) is 12.5 Å². The Morgan fingerprint density at radius 3 is 3.07 bits per heavy atom. The molecule has 1 heterocycles. The zero-order valence-electron chi connectivity index (χ0n) is 9.02.